The quantitative estimate of drug-likeness (QED) is 0.621. The topological polar surface area (TPSA) is 99.3 Å². The molecular weight excluding hydrogens is 332 g/mol. The predicted octanol–water partition coefficient (Wildman–Crippen LogP) is 2.88. The molecule has 4 N–H and O–H groups in total. The summed E-state index contributed by atoms with van der Waals surface area (Å²) >= 11 is 0. The molecule has 0 radical (unpaired) electrons. The molecule has 2 rings (SSSR count). The standard InChI is InChI=1S/C19H22N4O3/c1-13-8-9-16(14(2)12-13)21-17(24)10-11-18(25)22-23-19(26)20-15-6-4-3-5-7-15/h3-9,12H,10-11H2,1-2H3,(H,21,24)(H,22,25)(H2,20,23,26). The lowest BCUT2D eigenvalue weighted by Gasteiger charge is -2.10. The van der Waals surface area contributed by atoms with Crippen LogP contribution in [0.15, 0.2) is 48.5 Å². The third-order valence-corrected chi connectivity index (χ3v) is 3.58. The monoisotopic (exact) mass is 354 g/mol. The van der Waals surface area contributed by atoms with Crippen molar-refractivity contribution in [1.82, 2.24) is 10.9 Å². The Morgan fingerprint density at radius 2 is 1.50 bits per heavy atom. The van der Waals surface area contributed by atoms with Crippen LogP contribution in [0.1, 0.15) is 24.0 Å². The minimum absolute atomic E-state index is 0.0150. The molecule has 2 aromatic carbocycles. The van der Waals surface area contributed by atoms with Gasteiger partial charge in [-0.15, -0.1) is 0 Å². The van der Waals surface area contributed by atoms with Gasteiger partial charge in [0.15, 0.2) is 0 Å². The van der Waals surface area contributed by atoms with Crippen LogP contribution in [0.2, 0.25) is 0 Å². The van der Waals surface area contributed by atoms with Crippen LogP contribution < -0.4 is 21.5 Å². The van der Waals surface area contributed by atoms with E-state index in [1.54, 1.807) is 24.3 Å². The lowest BCUT2D eigenvalue weighted by atomic mass is 10.1. The number of urea groups is 1. The number of carbonyl (C=O) groups excluding carboxylic acids is 3. The number of benzene rings is 2. The molecule has 0 saturated carbocycles. The fourth-order valence-corrected chi connectivity index (χ4v) is 2.27. The van der Waals surface area contributed by atoms with Crippen molar-refractivity contribution in [2.24, 2.45) is 0 Å². The van der Waals surface area contributed by atoms with Gasteiger partial charge in [-0.05, 0) is 37.6 Å². The molecule has 0 aliphatic heterocycles. The van der Waals surface area contributed by atoms with Gasteiger partial charge in [-0.1, -0.05) is 35.9 Å². The third-order valence-electron chi connectivity index (χ3n) is 3.58. The number of hydrogen-bond donors (Lipinski definition) is 4. The van der Waals surface area contributed by atoms with Gasteiger partial charge in [0.1, 0.15) is 0 Å². The van der Waals surface area contributed by atoms with Gasteiger partial charge in [0.2, 0.25) is 11.8 Å². The Hall–Kier alpha value is -3.35. The minimum atomic E-state index is -0.565. The normalized spacial score (nSPS) is 9.92. The number of hydrogen-bond acceptors (Lipinski definition) is 3. The Labute approximate surface area is 152 Å². The van der Waals surface area contributed by atoms with Crippen LogP contribution in [0.4, 0.5) is 16.2 Å². The van der Waals surface area contributed by atoms with Crippen LogP contribution >= 0.6 is 0 Å². The lowest BCUT2D eigenvalue weighted by Crippen LogP contribution is -2.44. The van der Waals surface area contributed by atoms with Crippen molar-refractivity contribution in [3.05, 3.63) is 59.7 Å². The molecule has 136 valence electrons. The number of amides is 4. The zero-order valence-corrected chi connectivity index (χ0v) is 14.8. The summed E-state index contributed by atoms with van der Waals surface area (Å²) in [5.74, 6) is -0.718. The van der Waals surface area contributed by atoms with E-state index in [1.165, 1.54) is 0 Å². The van der Waals surface area contributed by atoms with Crippen molar-refractivity contribution >= 4 is 29.2 Å². The first-order valence-electron chi connectivity index (χ1n) is 8.22. The zero-order chi connectivity index (χ0) is 18.9. The number of aryl methyl sites for hydroxylation is 2. The average molecular weight is 354 g/mol. The van der Waals surface area contributed by atoms with Crippen molar-refractivity contribution in [3.8, 4) is 0 Å². The van der Waals surface area contributed by atoms with Gasteiger partial charge in [-0.25, -0.2) is 10.2 Å². The number of hydrazine groups is 1. The van der Waals surface area contributed by atoms with E-state index >= 15 is 0 Å². The third kappa shape index (κ3) is 6.27. The summed E-state index contributed by atoms with van der Waals surface area (Å²) in [5, 5.41) is 5.33. The SMILES string of the molecule is Cc1ccc(NC(=O)CCC(=O)NNC(=O)Nc2ccccc2)c(C)c1. The van der Waals surface area contributed by atoms with E-state index in [0.29, 0.717) is 5.69 Å². The van der Waals surface area contributed by atoms with E-state index in [1.807, 2.05) is 38.1 Å². The highest BCUT2D eigenvalue weighted by Crippen LogP contribution is 2.16. The second kappa shape index (κ2) is 9.22. The zero-order valence-electron chi connectivity index (χ0n) is 14.8. The molecular formula is C19H22N4O3. The van der Waals surface area contributed by atoms with E-state index in [9.17, 15) is 14.4 Å². The van der Waals surface area contributed by atoms with Crippen molar-refractivity contribution in [2.45, 2.75) is 26.7 Å². The molecule has 7 nitrogen and oxygen atoms in total. The molecule has 4 amide bonds. The number of para-hydroxylation sites is 1. The molecule has 0 bridgehead atoms. The maximum atomic E-state index is 11.9. The molecule has 0 heterocycles. The summed E-state index contributed by atoms with van der Waals surface area (Å²) in [6.45, 7) is 3.88. The first-order chi connectivity index (χ1) is 12.4. The Morgan fingerprint density at radius 1 is 0.808 bits per heavy atom. The number of nitrogens with one attached hydrogen (secondary N) is 4. The number of anilines is 2. The van der Waals surface area contributed by atoms with Gasteiger partial charge in [-0.3, -0.25) is 15.0 Å². The fraction of sp³-hybridized carbons (Fsp3) is 0.211. The molecule has 0 atom stereocenters. The van der Waals surface area contributed by atoms with Gasteiger partial charge in [0, 0.05) is 24.2 Å². The first kappa shape index (κ1) is 19.0. The molecule has 0 saturated heterocycles. The van der Waals surface area contributed by atoms with Crippen molar-refractivity contribution in [1.29, 1.82) is 0 Å². The van der Waals surface area contributed by atoms with Crippen molar-refractivity contribution in [2.75, 3.05) is 10.6 Å². The molecule has 2 aromatic rings. The van der Waals surface area contributed by atoms with Crippen LogP contribution in [-0.2, 0) is 9.59 Å². The minimum Gasteiger partial charge on any atom is -0.326 e. The fourth-order valence-electron chi connectivity index (χ4n) is 2.27. The van der Waals surface area contributed by atoms with Crippen molar-refractivity contribution in [3.63, 3.8) is 0 Å². The summed E-state index contributed by atoms with van der Waals surface area (Å²) < 4.78 is 0. The lowest BCUT2D eigenvalue weighted by molar-refractivity contribution is -0.124. The highest BCUT2D eigenvalue weighted by molar-refractivity contribution is 5.94. The summed E-state index contributed by atoms with van der Waals surface area (Å²) in [6, 6.07) is 14.0. The summed E-state index contributed by atoms with van der Waals surface area (Å²) in [7, 11) is 0. The van der Waals surface area contributed by atoms with Crippen LogP contribution in [0, 0.1) is 13.8 Å². The smallest absolute Gasteiger partial charge is 0.326 e. The van der Waals surface area contributed by atoms with Crippen LogP contribution in [0.5, 0.6) is 0 Å². The van der Waals surface area contributed by atoms with E-state index in [2.05, 4.69) is 21.5 Å². The Kier molecular flexibility index (Phi) is 6.73. The summed E-state index contributed by atoms with van der Waals surface area (Å²) in [4.78, 5) is 35.3. The molecule has 0 unspecified atom stereocenters. The second-order valence-electron chi connectivity index (χ2n) is 5.86. The van der Waals surface area contributed by atoms with Gasteiger partial charge < -0.3 is 10.6 Å². The highest BCUT2D eigenvalue weighted by Gasteiger charge is 2.09. The van der Waals surface area contributed by atoms with Gasteiger partial charge in [-0.2, -0.15) is 0 Å². The molecule has 0 aromatic heterocycles. The average Bonchev–Trinajstić information content (AvgIpc) is 2.61. The van der Waals surface area contributed by atoms with E-state index in [4.69, 9.17) is 0 Å². The van der Waals surface area contributed by atoms with Gasteiger partial charge in [0.25, 0.3) is 0 Å². The second-order valence-corrected chi connectivity index (χ2v) is 5.86. The first-order valence-corrected chi connectivity index (χ1v) is 8.22. The van der Waals surface area contributed by atoms with Gasteiger partial charge >= 0.3 is 6.03 Å². The van der Waals surface area contributed by atoms with E-state index in [-0.39, 0.29) is 18.7 Å². The molecule has 0 fully saturated rings. The maximum absolute atomic E-state index is 11.9. The van der Waals surface area contributed by atoms with Crippen molar-refractivity contribution < 1.29 is 14.4 Å². The predicted molar refractivity (Wildman–Crippen MR) is 101 cm³/mol. The molecule has 0 aliphatic rings. The molecule has 26 heavy (non-hydrogen) atoms. The molecule has 7 heteroatoms. The Bertz CT molecular complexity index is 791. The Balaban J connectivity index is 1.69. The van der Waals surface area contributed by atoms with Crippen LogP contribution in [0.25, 0.3) is 0 Å². The highest BCUT2D eigenvalue weighted by atomic mass is 16.2. The van der Waals surface area contributed by atoms with Gasteiger partial charge in [0.05, 0.1) is 0 Å². The van der Waals surface area contributed by atoms with E-state index < -0.39 is 11.9 Å². The van der Waals surface area contributed by atoms with Crippen LogP contribution in [0.3, 0.4) is 0 Å². The number of carbonyl (C=O) groups is 3. The summed E-state index contributed by atoms with van der Waals surface area (Å²) in [5.41, 5.74) is 7.90. The Morgan fingerprint density at radius 3 is 2.19 bits per heavy atom. The maximum Gasteiger partial charge on any atom is 0.337 e. The molecule has 0 aliphatic carbocycles. The van der Waals surface area contributed by atoms with E-state index in [0.717, 1.165) is 16.8 Å². The largest absolute Gasteiger partial charge is 0.337 e. The number of rotatable bonds is 5. The van der Waals surface area contributed by atoms with Crippen LogP contribution in [-0.4, -0.2) is 17.8 Å². The summed E-state index contributed by atoms with van der Waals surface area (Å²) in [6.07, 6.45) is -0.0243. The molecule has 0 spiro atoms.